The lowest BCUT2D eigenvalue weighted by molar-refractivity contribution is -0.101. The molecule has 23 heteroatoms. The van der Waals surface area contributed by atoms with E-state index in [1.807, 2.05) is 21.9 Å². The minimum absolute atomic E-state index is 0.107. The summed E-state index contributed by atoms with van der Waals surface area (Å²) in [5.41, 5.74) is 11.8. The molecule has 8 aliphatic rings. The molecule has 8 fully saturated rings. The number of nitrogens with two attached hydrogens (primary N) is 2. The van der Waals surface area contributed by atoms with E-state index in [-0.39, 0.29) is 35.8 Å². The van der Waals surface area contributed by atoms with E-state index in [0.29, 0.717) is 73.8 Å². The molecule has 2 aromatic heterocycles. The number of aromatic nitrogens is 2. The lowest BCUT2D eigenvalue weighted by Crippen LogP contribution is -2.47. The first kappa shape index (κ1) is 40.4. The van der Waals surface area contributed by atoms with Crippen molar-refractivity contribution >= 4 is 34.4 Å². The molecule has 6 aliphatic heterocycles. The van der Waals surface area contributed by atoms with Crippen LogP contribution in [0.4, 0.5) is 9.59 Å². The smallest absolute Gasteiger partial charge is 0.370 e. The number of nitrogens with zero attached hydrogens (tertiary/aromatic N) is 8. The molecule has 4 atom stereocenters. The summed E-state index contributed by atoms with van der Waals surface area (Å²) < 4.78 is 50.0. The van der Waals surface area contributed by atoms with Crippen LogP contribution >= 0.6 is 0 Å². The molecule has 2 saturated carbocycles. The van der Waals surface area contributed by atoms with E-state index in [2.05, 4.69) is 20.9 Å². The number of urea groups is 2. The van der Waals surface area contributed by atoms with Gasteiger partial charge in [-0.1, -0.05) is 10.3 Å². The highest BCUT2D eigenvalue weighted by Crippen LogP contribution is 2.63. The van der Waals surface area contributed by atoms with Crippen LogP contribution in [0.2, 0.25) is 0 Å². The summed E-state index contributed by atoms with van der Waals surface area (Å²) in [6.45, 7) is 4.88. The number of carbonyl (C=O) groups is 2. The van der Waals surface area contributed by atoms with Crippen molar-refractivity contribution in [1.29, 1.82) is 10.8 Å². The lowest BCUT2D eigenvalue weighted by atomic mass is 9.84. The van der Waals surface area contributed by atoms with Crippen molar-refractivity contribution in [3.8, 4) is 0 Å². The molecule has 4 bridgehead atoms. The molecule has 0 aromatic carbocycles. The van der Waals surface area contributed by atoms with Gasteiger partial charge in [0.15, 0.2) is 11.9 Å². The highest BCUT2D eigenvalue weighted by atomic mass is 32.3. The van der Waals surface area contributed by atoms with Gasteiger partial charge in [0.25, 0.3) is 0 Å². The maximum Gasteiger partial charge on any atom is 0.442 e. The van der Waals surface area contributed by atoms with Gasteiger partial charge in [0.1, 0.15) is 22.9 Å². The van der Waals surface area contributed by atoms with E-state index in [0.717, 1.165) is 87.7 Å². The number of piperidine rings is 4. The van der Waals surface area contributed by atoms with Gasteiger partial charge in [-0.2, -0.15) is 18.5 Å². The fourth-order valence-corrected chi connectivity index (χ4v) is 11.6. The standard InChI is InChI=1S/C38H56N14O8S/c39-33(40)47-13-3-23(4-14-47)43-11-1-25-17-27(45-57-25)29-19-37(7-8-37)31-21-49(29)35(53)51(31)59-61(55,56)60-52-32-22-50(36(52)54)30(20-38(32)9-10-38)28-18-26(58-46-28)2-12-44-24-5-15-48(16-6-24)34(41)42/h17-18,23-24,29-32,43-44H,1-16,19-22H2,(H3,39,40)(H3,41,42)/t29-,30-,31-,32-/m0/s1. The van der Waals surface area contributed by atoms with Crippen LogP contribution in [0.1, 0.15) is 99.2 Å². The molecule has 0 radical (unpaired) electrons. The van der Waals surface area contributed by atoms with E-state index in [9.17, 15) is 18.0 Å². The van der Waals surface area contributed by atoms with Crippen LogP contribution in [0, 0.1) is 21.6 Å². The molecule has 8 N–H and O–H groups in total. The minimum atomic E-state index is -4.91. The number of amides is 4. The summed E-state index contributed by atoms with van der Waals surface area (Å²) in [5, 5.41) is 33.0. The van der Waals surface area contributed by atoms with Gasteiger partial charge in [-0.3, -0.25) is 10.8 Å². The number of carbonyl (C=O) groups excluding carboxylic acids is 2. The number of likely N-dealkylation sites (tertiary alicyclic amines) is 2. The Morgan fingerprint density at radius 2 is 1.11 bits per heavy atom. The van der Waals surface area contributed by atoms with Gasteiger partial charge in [0.2, 0.25) is 0 Å². The number of guanidine groups is 2. The van der Waals surface area contributed by atoms with Gasteiger partial charge in [-0.15, -0.1) is 8.57 Å². The Morgan fingerprint density at radius 3 is 1.48 bits per heavy atom. The summed E-state index contributed by atoms with van der Waals surface area (Å²) in [6, 6.07) is 1.38. The van der Waals surface area contributed by atoms with E-state index < -0.39 is 46.6 Å². The van der Waals surface area contributed by atoms with Crippen molar-refractivity contribution in [3.63, 3.8) is 0 Å². The third kappa shape index (κ3) is 7.65. The largest absolute Gasteiger partial charge is 0.442 e. The lowest BCUT2D eigenvalue weighted by Gasteiger charge is -2.36. The maximum atomic E-state index is 14.0. The summed E-state index contributed by atoms with van der Waals surface area (Å²) in [4.78, 5) is 34.8. The monoisotopic (exact) mass is 868 g/mol. The van der Waals surface area contributed by atoms with Crippen LogP contribution in [0.25, 0.3) is 0 Å². The van der Waals surface area contributed by atoms with Crippen molar-refractivity contribution in [3.05, 3.63) is 35.0 Å². The number of fused-ring (bicyclic) bond motifs is 6. The Bertz CT molecular complexity index is 2000. The maximum absolute atomic E-state index is 14.0. The average molecular weight is 869 g/mol. The molecule has 8 heterocycles. The zero-order chi connectivity index (χ0) is 42.3. The first-order valence-electron chi connectivity index (χ1n) is 21.7. The Kier molecular flexibility index (Phi) is 10.1. The summed E-state index contributed by atoms with van der Waals surface area (Å²) in [7, 11) is -4.91. The predicted molar refractivity (Wildman–Crippen MR) is 214 cm³/mol. The fourth-order valence-electron chi connectivity index (χ4n) is 10.8. The highest BCUT2D eigenvalue weighted by Gasteiger charge is 2.66. The number of rotatable bonds is 14. The van der Waals surface area contributed by atoms with E-state index in [1.165, 1.54) is 0 Å². The molecule has 0 unspecified atom stereocenters. The first-order valence-corrected chi connectivity index (χ1v) is 23.0. The van der Waals surface area contributed by atoms with Crippen molar-refractivity contribution in [1.82, 2.24) is 50.7 Å². The number of hydrogen-bond donors (Lipinski definition) is 6. The Morgan fingerprint density at radius 1 is 0.721 bits per heavy atom. The average Bonchev–Trinajstić information content (AvgIpc) is 3.96. The molecule has 4 amide bonds. The van der Waals surface area contributed by atoms with Gasteiger partial charge in [0.05, 0.1) is 24.2 Å². The first-order chi connectivity index (χ1) is 29.3. The SMILES string of the molecule is N=C(N)N1CCC(NCCc2cc([C@@H]3CC4(CC4)[C@@H]4CN3C(=O)N4OS(=O)(=O)ON3C(=O)N4C[C@H]3C3(CC3)C[C@H]4c3cc(CCNC4CCN(C(=N)N)CC4)on3)no2)CC1. The van der Waals surface area contributed by atoms with E-state index in [4.69, 9.17) is 39.9 Å². The van der Waals surface area contributed by atoms with Crippen LogP contribution < -0.4 is 22.1 Å². The van der Waals surface area contributed by atoms with Crippen LogP contribution in [0.15, 0.2) is 21.2 Å². The molecule has 61 heavy (non-hydrogen) atoms. The quantitative estimate of drug-likeness (QED) is 0.115. The highest BCUT2D eigenvalue weighted by molar-refractivity contribution is 7.81. The fraction of sp³-hybridized carbons (Fsp3) is 0.737. The zero-order valence-electron chi connectivity index (χ0n) is 34.2. The van der Waals surface area contributed by atoms with E-state index in [1.54, 1.807) is 9.80 Å². The molecular formula is C38H56N14O8S. The van der Waals surface area contributed by atoms with Gasteiger partial charge in [-0.05, 0) is 75.0 Å². The van der Waals surface area contributed by atoms with E-state index >= 15 is 0 Å². The van der Waals surface area contributed by atoms with Crippen LogP contribution in [0.3, 0.4) is 0 Å². The molecule has 2 spiro atoms. The van der Waals surface area contributed by atoms with Gasteiger partial charge < -0.3 is 50.7 Å². The molecule has 2 aliphatic carbocycles. The topological polar surface area (TPSA) is 282 Å². The minimum Gasteiger partial charge on any atom is -0.370 e. The van der Waals surface area contributed by atoms with Gasteiger partial charge in [0, 0.05) is 89.4 Å². The predicted octanol–water partition coefficient (Wildman–Crippen LogP) is 1.11. The van der Waals surface area contributed by atoms with Crippen LogP contribution in [0.5, 0.6) is 0 Å². The second-order valence-electron chi connectivity index (χ2n) is 18.4. The number of nitrogens with one attached hydrogen (secondary N) is 4. The number of hydrogen-bond acceptors (Lipinski definition) is 14. The van der Waals surface area contributed by atoms with Crippen LogP contribution in [-0.2, 0) is 31.8 Å². The molecule has 10 rings (SSSR count). The van der Waals surface area contributed by atoms with Crippen molar-refractivity contribution in [2.75, 3.05) is 52.4 Å². The van der Waals surface area contributed by atoms with Crippen LogP contribution in [-0.4, -0.2) is 149 Å². The Labute approximate surface area is 353 Å². The third-order valence-electron chi connectivity index (χ3n) is 14.8. The second kappa shape index (κ2) is 15.3. The molecular weight excluding hydrogens is 813 g/mol. The summed E-state index contributed by atoms with van der Waals surface area (Å²) in [5.74, 6) is 1.59. The second-order valence-corrected chi connectivity index (χ2v) is 19.5. The van der Waals surface area contributed by atoms with Gasteiger partial charge >= 0.3 is 22.5 Å². The Hall–Kier alpha value is -4.71. The summed E-state index contributed by atoms with van der Waals surface area (Å²) in [6.07, 6.45) is 9.21. The Balaban J connectivity index is 0.746. The normalized spacial score (nSPS) is 28.2. The molecule has 22 nitrogen and oxygen atoms in total. The molecule has 2 aromatic rings. The molecule has 6 saturated heterocycles. The van der Waals surface area contributed by atoms with Crippen molar-refractivity contribution < 1.29 is 35.6 Å². The zero-order valence-corrected chi connectivity index (χ0v) is 35.0. The van der Waals surface area contributed by atoms with Gasteiger partial charge in [-0.25, -0.2) is 9.59 Å². The van der Waals surface area contributed by atoms with Crippen molar-refractivity contribution in [2.45, 2.75) is 113 Å². The van der Waals surface area contributed by atoms with Crippen molar-refractivity contribution in [2.24, 2.45) is 22.3 Å². The number of hydroxylamine groups is 4. The molecule has 332 valence electrons. The third-order valence-corrected chi connectivity index (χ3v) is 15.5. The summed E-state index contributed by atoms with van der Waals surface area (Å²) >= 11 is 0.